The van der Waals surface area contributed by atoms with Crippen LogP contribution < -0.4 is 4.90 Å². The molecule has 69 valence electrons. The summed E-state index contributed by atoms with van der Waals surface area (Å²) in [4.78, 5) is 5.16. The van der Waals surface area contributed by atoms with Crippen LogP contribution >= 0.6 is 0 Å². The number of hydrogen-bond donors (Lipinski definition) is 1. The van der Waals surface area contributed by atoms with Gasteiger partial charge < -0.3 is 14.6 Å². The maximum Gasteiger partial charge on any atom is 0.232 e. The van der Waals surface area contributed by atoms with Gasteiger partial charge in [-0.15, -0.1) is 0 Å². The van der Waals surface area contributed by atoms with E-state index in [1.165, 1.54) is 5.39 Å². The van der Waals surface area contributed by atoms with Crippen molar-refractivity contribution in [2.24, 2.45) is 0 Å². The second-order valence-corrected chi connectivity index (χ2v) is 3.15. The van der Waals surface area contributed by atoms with E-state index < -0.39 is 0 Å². The Morgan fingerprint density at radius 1 is 1.21 bits per heavy atom. The molecule has 1 aliphatic rings. The lowest BCUT2D eigenvalue weighted by molar-refractivity contribution is 0.356. The molecule has 2 aromatic rings. The molecule has 0 aliphatic carbocycles. The van der Waals surface area contributed by atoms with Gasteiger partial charge in [0.2, 0.25) is 6.73 Å². The number of H-pyrrole nitrogens is 1. The highest BCUT2D eigenvalue weighted by Crippen LogP contribution is 2.29. The SMILES string of the molecule is [CH]1OC=CN1c1c[nH]c2ccccc12. The first-order valence-electron chi connectivity index (χ1n) is 4.45. The molecule has 0 unspecified atom stereocenters. The van der Waals surface area contributed by atoms with Gasteiger partial charge in [0, 0.05) is 23.3 Å². The number of fused-ring (bicyclic) bond motifs is 1. The lowest BCUT2D eigenvalue weighted by Crippen LogP contribution is -2.06. The van der Waals surface area contributed by atoms with Crippen molar-refractivity contribution in [1.29, 1.82) is 0 Å². The fourth-order valence-corrected chi connectivity index (χ4v) is 1.64. The molecule has 0 atom stereocenters. The van der Waals surface area contributed by atoms with Gasteiger partial charge in [0.05, 0.1) is 5.69 Å². The van der Waals surface area contributed by atoms with E-state index in [-0.39, 0.29) is 0 Å². The molecule has 1 aromatic carbocycles. The topological polar surface area (TPSA) is 28.3 Å². The first-order chi connectivity index (χ1) is 6.95. The van der Waals surface area contributed by atoms with Crippen LogP contribution in [-0.4, -0.2) is 4.98 Å². The van der Waals surface area contributed by atoms with E-state index in [0.29, 0.717) is 0 Å². The van der Waals surface area contributed by atoms with Crippen LogP contribution in [0.4, 0.5) is 5.69 Å². The summed E-state index contributed by atoms with van der Waals surface area (Å²) in [6, 6.07) is 8.18. The van der Waals surface area contributed by atoms with Crippen LogP contribution in [0.3, 0.4) is 0 Å². The maximum atomic E-state index is 5.04. The van der Waals surface area contributed by atoms with Crippen molar-refractivity contribution in [3.8, 4) is 0 Å². The van der Waals surface area contributed by atoms with Gasteiger partial charge in [-0.3, -0.25) is 0 Å². The van der Waals surface area contributed by atoms with Crippen LogP contribution in [0.15, 0.2) is 42.9 Å². The van der Waals surface area contributed by atoms with Gasteiger partial charge in [-0.2, -0.15) is 0 Å². The van der Waals surface area contributed by atoms with Crippen LogP contribution in [0.5, 0.6) is 0 Å². The summed E-state index contributed by atoms with van der Waals surface area (Å²) in [6.07, 6.45) is 5.51. The predicted octanol–water partition coefficient (Wildman–Crippen LogP) is 2.59. The summed E-state index contributed by atoms with van der Waals surface area (Å²) < 4.78 is 5.04. The first kappa shape index (κ1) is 7.50. The first-order valence-corrected chi connectivity index (χ1v) is 4.45. The van der Waals surface area contributed by atoms with E-state index >= 15 is 0 Å². The van der Waals surface area contributed by atoms with Gasteiger partial charge in [-0.1, -0.05) is 18.2 Å². The van der Waals surface area contributed by atoms with E-state index in [2.05, 4.69) is 17.1 Å². The molecule has 0 spiro atoms. The zero-order valence-electron chi connectivity index (χ0n) is 7.47. The zero-order valence-corrected chi connectivity index (χ0v) is 7.47. The van der Waals surface area contributed by atoms with E-state index in [1.54, 1.807) is 13.0 Å². The molecule has 3 heteroatoms. The van der Waals surface area contributed by atoms with Crippen LogP contribution in [0.2, 0.25) is 0 Å². The second kappa shape index (κ2) is 2.80. The molecule has 3 rings (SSSR count). The molecule has 0 bridgehead atoms. The van der Waals surface area contributed by atoms with Gasteiger partial charge in [0.1, 0.15) is 6.26 Å². The van der Waals surface area contributed by atoms with Crippen LogP contribution in [0.25, 0.3) is 10.9 Å². The molecule has 3 nitrogen and oxygen atoms in total. The minimum absolute atomic E-state index is 1.11. The predicted molar refractivity (Wildman–Crippen MR) is 55.3 cm³/mol. The highest BCUT2D eigenvalue weighted by atomic mass is 16.5. The molecule has 0 saturated heterocycles. The molecule has 0 saturated carbocycles. The molecule has 0 fully saturated rings. The Bertz CT molecular complexity index is 487. The second-order valence-electron chi connectivity index (χ2n) is 3.15. The summed E-state index contributed by atoms with van der Waals surface area (Å²) >= 11 is 0. The van der Waals surface area contributed by atoms with Gasteiger partial charge >= 0.3 is 0 Å². The highest BCUT2D eigenvalue weighted by Gasteiger charge is 2.12. The largest absolute Gasteiger partial charge is 0.470 e. The lowest BCUT2D eigenvalue weighted by Gasteiger charge is -2.10. The van der Waals surface area contributed by atoms with Crippen molar-refractivity contribution < 1.29 is 4.74 Å². The van der Waals surface area contributed by atoms with Crippen molar-refractivity contribution in [2.75, 3.05) is 4.90 Å². The van der Waals surface area contributed by atoms with Crippen LogP contribution in [-0.2, 0) is 4.74 Å². The summed E-state index contributed by atoms with van der Waals surface area (Å²) in [5, 5.41) is 1.19. The summed E-state index contributed by atoms with van der Waals surface area (Å²) in [5.74, 6) is 0. The molecule has 14 heavy (non-hydrogen) atoms. The number of aromatic nitrogens is 1. The fourth-order valence-electron chi connectivity index (χ4n) is 1.64. The zero-order chi connectivity index (χ0) is 9.38. The van der Waals surface area contributed by atoms with E-state index in [0.717, 1.165) is 11.2 Å². The van der Waals surface area contributed by atoms with Crippen molar-refractivity contribution in [3.63, 3.8) is 0 Å². The highest BCUT2D eigenvalue weighted by molar-refractivity contribution is 5.93. The molecule has 1 aromatic heterocycles. The van der Waals surface area contributed by atoms with Crippen molar-refractivity contribution >= 4 is 16.6 Å². The number of anilines is 1. The van der Waals surface area contributed by atoms with Gasteiger partial charge in [-0.25, -0.2) is 0 Å². The molecule has 2 heterocycles. The monoisotopic (exact) mass is 185 g/mol. The summed E-state index contributed by atoms with van der Waals surface area (Å²) in [6.45, 7) is 1.68. The number of benzene rings is 1. The number of nitrogens with one attached hydrogen (secondary N) is 1. The maximum absolute atomic E-state index is 5.04. The third kappa shape index (κ3) is 0.988. The smallest absolute Gasteiger partial charge is 0.232 e. The summed E-state index contributed by atoms with van der Waals surface area (Å²) in [5.41, 5.74) is 2.24. The normalized spacial score (nSPS) is 15.0. The quantitative estimate of drug-likeness (QED) is 0.739. The molecule has 1 radical (unpaired) electrons. The number of rotatable bonds is 1. The van der Waals surface area contributed by atoms with Gasteiger partial charge in [-0.05, 0) is 6.07 Å². The molecule has 0 amide bonds. The standard InChI is InChI=1S/C11H9N2O/c1-2-4-10-9(3-1)11(7-12-10)13-5-6-14-8-13/h1-8,12H. The Labute approximate surface area is 81.6 Å². The van der Waals surface area contributed by atoms with Gasteiger partial charge in [0.15, 0.2) is 0 Å². The Morgan fingerprint density at radius 2 is 2.14 bits per heavy atom. The van der Waals surface area contributed by atoms with E-state index in [1.807, 2.05) is 29.4 Å². The van der Waals surface area contributed by atoms with Crippen molar-refractivity contribution in [2.45, 2.75) is 0 Å². The van der Waals surface area contributed by atoms with Gasteiger partial charge in [0.25, 0.3) is 0 Å². The Balaban J connectivity index is 2.16. The van der Waals surface area contributed by atoms with E-state index in [4.69, 9.17) is 4.74 Å². The number of para-hydroxylation sites is 1. The number of aromatic amines is 1. The average Bonchev–Trinajstić information content (AvgIpc) is 2.85. The lowest BCUT2D eigenvalue weighted by atomic mass is 10.2. The Hall–Kier alpha value is -1.90. The molecular weight excluding hydrogens is 176 g/mol. The Morgan fingerprint density at radius 3 is 3.00 bits per heavy atom. The number of ether oxygens (including phenoxy) is 1. The summed E-state index contributed by atoms with van der Waals surface area (Å²) in [7, 11) is 0. The Kier molecular flexibility index (Phi) is 1.50. The van der Waals surface area contributed by atoms with Crippen molar-refractivity contribution in [1.82, 2.24) is 4.98 Å². The number of hydrogen-bond acceptors (Lipinski definition) is 2. The van der Waals surface area contributed by atoms with Crippen LogP contribution in [0, 0.1) is 6.73 Å². The minimum Gasteiger partial charge on any atom is -0.470 e. The van der Waals surface area contributed by atoms with Crippen LogP contribution in [0.1, 0.15) is 0 Å². The average molecular weight is 185 g/mol. The minimum atomic E-state index is 1.11. The molecular formula is C11H9N2O. The third-order valence-corrected chi connectivity index (χ3v) is 2.32. The molecule has 1 aliphatic heterocycles. The fraction of sp³-hybridized carbons (Fsp3) is 0. The third-order valence-electron chi connectivity index (χ3n) is 2.32. The van der Waals surface area contributed by atoms with E-state index in [9.17, 15) is 0 Å². The number of nitrogens with zero attached hydrogens (tertiary/aromatic N) is 1. The molecule has 1 N–H and O–H groups in total. The van der Waals surface area contributed by atoms with Crippen molar-refractivity contribution in [3.05, 3.63) is 49.7 Å².